The summed E-state index contributed by atoms with van der Waals surface area (Å²) in [6.45, 7) is 1.38. The van der Waals surface area contributed by atoms with Crippen LogP contribution in [0.3, 0.4) is 0 Å². The number of benzene rings is 1. The van der Waals surface area contributed by atoms with Gasteiger partial charge < -0.3 is 15.3 Å². The molecule has 0 saturated heterocycles. The lowest BCUT2D eigenvalue weighted by molar-refractivity contribution is -0.139. The maximum Gasteiger partial charge on any atom is 0.419 e. The molecule has 1 amide bonds. The fraction of sp³-hybridized carbons (Fsp3) is 0.385. The van der Waals surface area contributed by atoms with Gasteiger partial charge in [0.05, 0.1) is 12.2 Å². The molecule has 0 aliphatic heterocycles. The molecule has 0 heterocycles. The Morgan fingerprint density at radius 3 is 2.45 bits per heavy atom. The van der Waals surface area contributed by atoms with Gasteiger partial charge in [-0.25, -0.2) is 0 Å². The number of halogens is 3. The molecule has 4 nitrogen and oxygen atoms in total. The topological polar surface area (TPSA) is 69.4 Å². The molecule has 20 heavy (non-hydrogen) atoms. The van der Waals surface area contributed by atoms with Crippen molar-refractivity contribution in [3.8, 4) is 5.75 Å². The lowest BCUT2D eigenvalue weighted by Crippen LogP contribution is -2.15. The first-order valence-electron chi connectivity index (χ1n) is 5.85. The van der Waals surface area contributed by atoms with Crippen molar-refractivity contribution in [2.45, 2.75) is 25.9 Å². The van der Waals surface area contributed by atoms with E-state index in [4.69, 9.17) is 10.5 Å². The van der Waals surface area contributed by atoms with Gasteiger partial charge in [-0.05, 0) is 31.5 Å². The minimum atomic E-state index is -4.65. The highest BCUT2D eigenvalue weighted by molar-refractivity contribution is 5.93. The van der Waals surface area contributed by atoms with Crippen LogP contribution < -0.4 is 10.5 Å². The highest BCUT2D eigenvalue weighted by Gasteiger charge is 2.35. The lowest BCUT2D eigenvalue weighted by Gasteiger charge is -2.14. The van der Waals surface area contributed by atoms with Crippen molar-refractivity contribution in [1.29, 1.82) is 0 Å². The summed E-state index contributed by atoms with van der Waals surface area (Å²) in [7, 11) is 0. The van der Waals surface area contributed by atoms with E-state index in [9.17, 15) is 22.8 Å². The fourth-order valence-corrected chi connectivity index (χ4v) is 1.53. The maximum absolute atomic E-state index is 12.8. The minimum Gasteiger partial charge on any atom is -0.493 e. The van der Waals surface area contributed by atoms with Gasteiger partial charge in [0.15, 0.2) is 0 Å². The molecule has 7 heteroatoms. The Morgan fingerprint density at radius 1 is 1.30 bits per heavy atom. The van der Waals surface area contributed by atoms with Gasteiger partial charge in [-0.2, -0.15) is 13.2 Å². The van der Waals surface area contributed by atoms with Gasteiger partial charge in [0.2, 0.25) is 5.91 Å². The first-order chi connectivity index (χ1) is 9.21. The quantitative estimate of drug-likeness (QED) is 0.818. The Balaban J connectivity index is 2.89. The first kappa shape index (κ1) is 16.0. The van der Waals surface area contributed by atoms with E-state index in [0.717, 1.165) is 12.1 Å². The lowest BCUT2D eigenvalue weighted by atomic mass is 10.1. The molecule has 0 radical (unpaired) electrons. The number of nitrogens with two attached hydrogens (primary N) is 1. The second-order valence-electron chi connectivity index (χ2n) is 4.23. The predicted octanol–water partition coefficient (Wildman–Crippen LogP) is 2.55. The van der Waals surface area contributed by atoms with Gasteiger partial charge in [0.1, 0.15) is 11.5 Å². The Bertz CT molecular complexity index is 512. The number of ketones is 1. The summed E-state index contributed by atoms with van der Waals surface area (Å²) in [6, 6.07) is 2.87. The number of primary amides is 1. The third-order valence-corrected chi connectivity index (χ3v) is 2.50. The number of amides is 1. The number of ether oxygens (including phenoxy) is 1. The number of hydrogen-bond acceptors (Lipinski definition) is 3. The summed E-state index contributed by atoms with van der Waals surface area (Å²) in [5.74, 6) is -1.39. The molecule has 1 rings (SSSR count). The highest BCUT2D eigenvalue weighted by atomic mass is 19.4. The van der Waals surface area contributed by atoms with Crippen molar-refractivity contribution in [3.05, 3.63) is 29.3 Å². The molecule has 110 valence electrons. The summed E-state index contributed by atoms with van der Waals surface area (Å²) in [4.78, 5) is 21.6. The summed E-state index contributed by atoms with van der Waals surface area (Å²) in [5, 5.41) is 0. The van der Waals surface area contributed by atoms with E-state index in [1.807, 2.05) is 0 Å². The summed E-state index contributed by atoms with van der Waals surface area (Å²) >= 11 is 0. The highest BCUT2D eigenvalue weighted by Crippen LogP contribution is 2.36. The number of carbonyl (C=O) groups is 2. The molecular weight excluding hydrogens is 275 g/mol. The van der Waals surface area contributed by atoms with Crippen LogP contribution in [-0.2, 0) is 11.0 Å². The minimum absolute atomic E-state index is 0.0153. The van der Waals surface area contributed by atoms with Gasteiger partial charge in [0.25, 0.3) is 0 Å². The second-order valence-corrected chi connectivity index (χ2v) is 4.23. The van der Waals surface area contributed by atoms with Crippen molar-refractivity contribution in [1.82, 2.24) is 0 Å². The number of Topliss-reactive ketones (excluding diaryl/α,β-unsaturated/α-hetero) is 1. The molecule has 1 aromatic carbocycles. The van der Waals surface area contributed by atoms with E-state index in [1.165, 1.54) is 6.92 Å². The Labute approximate surface area is 113 Å². The van der Waals surface area contributed by atoms with Crippen LogP contribution in [0.1, 0.15) is 35.7 Å². The van der Waals surface area contributed by atoms with Crippen molar-refractivity contribution in [3.63, 3.8) is 0 Å². The molecule has 0 aliphatic carbocycles. The van der Waals surface area contributed by atoms with E-state index in [1.54, 1.807) is 0 Å². The zero-order valence-corrected chi connectivity index (χ0v) is 10.8. The molecule has 0 bridgehead atoms. The van der Waals surface area contributed by atoms with Crippen LogP contribution in [0.4, 0.5) is 13.2 Å². The van der Waals surface area contributed by atoms with Crippen LogP contribution in [0.25, 0.3) is 0 Å². The molecule has 0 unspecified atom stereocenters. The normalized spacial score (nSPS) is 11.2. The van der Waals surface area contributed by atoms with E-state index >= 15 is 0 Å². The van der Waals surface area contributed by atoms with Gasteiger partial charge in [0, 0.05) is 12.0 Å². The Hall–Kier alpha value is -2.05. The molecule has 0 spiro atoms. The van der Waals surface area contributed by atoms with Crippen molar-refractivity contribution in [2.75, 3.05) is 6.61 Å². The molecule has 0 atom stereocenters. The van der Waals surface area contributed by atoms with Crippen LogP contribution in [0, 0.1) is 0 Å². The van der Waals surface area contributed by atoms with Crippen molar-refractivity contribution in [2.24, 2.45) is 5.73 Å². The monoisotopic (exact) mass is 289 g/mol. The van der Waals surface area contributed by atoms with E-state index in [-0.39, 0.29) is 30.1 Å². The van der Waals surface area contributed by atoms with E-state index in [2.05, 4.69) is 0 Å². The second kappa shape index (κ2) is 6.40. The molecule has 2 N–H and O–H groups in total. The molecule has 1 aromatic rings. The molecule has 0 fully saturated rings. The summed E-state index contributed by atoms with van der Waals surface area (Å²) in [6.07, 6.45) is -4.09. The molecule has 0 aromatic heterocycles. The average molecular weight is 289 g/mol. The summed E-state index contributed by atoms with van der Waals surface area (Å²) < 4.78 is 43.6. The van der Waals surface area contributed by atoms with E-state index in [0.29, 0.717) is 12.5 Å². The molecule has 0 aliphatic rings. The molecular formula is C13H14F3NO3. The van der Waals surface area contributed by atoms with Gasteiger partial charge in [-0.15, -0.1) is 0 Å². The Morgan fingerprint density at radius 2 is 1.95 bits per heavy atom. The van der Waals surface area contributed by atoms with Crippen LogP contribution in [0.2, 0.25) is 0 Å². The van der Waals surface area contributed by atoms with Gasteiger partial charge in [-0.1, -0.05) is 0 Å². The zero-order valence-electron chi connectivity index (χ0n) is 10.8. The van der Waals surface area contributed by atoms with Gasteiger partial charge in [-0.3, -0.25) is 4.79 Å². The molecule has 0 saturated carbocycles. The predicted molar refractivity (Wildman–Crippen MR) is 65.4 cm³/mol. The fourth-order valence-electron chi connectivity index (χ4n) is 1.53. The smallest absolute Gasteiger partial charge is 0.419 e. The standard InChI is InChI=1S/C13H14F3NO3/c1-8(18)3-2-6-20-11-5-4-9(12(17)19)7-10(11)13(14,15)16/h4-5,7H,2-3,6H2,1H3,(H2,17,19). The number of hydrogen-bond donors (Lipinski definition) is 1. The Kier molecular flexibility index (Phi) is 5.12. The van der Waals surface area contributed by atoms with Crippen LogP contribution in [-0.4, -0.2) is 18.3 Å². The largest absolute Gasteiger partial charge is 0.493 e. The van der Waals surface area contributed by atoms with Crippen LogP contribution in [0.15, 0.2) is 18.2 Å². The van der Waals surface area contributed by atoms with Gasteiger partial charge >= 0.3 is 6.18 Å². The van der Waals surface area contributed by atoms with Crippen LogP contribution >= 0.6 is 0 Å². The van der Waals surface area contributed by atoms with Crippen molar-refractivity contribution >= 4 is 11.7 Å². The van der Waals surface area contributed by atoms with Crippen molar-refractivity contribution < 1.29 is 27.5 Å². The number of rotatable bonds is 6. The van der Waals surface area contributed by atoms with E-state index < -0.39 is 17.6 Å². The third kappa shape index (κ3) is 4.56. The average Bonchev–Trinajstić information content (AvgIpc) is 2.33. The maximum atomic E-state index is 12.8. The zero-order chi connectivity index (χ0) is 15.3. The SMILES string of the molecule is CC(=O)CCCOc1ccc(C(N)=O)cc1C(F)(F)F. The first-order valence-corrected chi connectivity index (χ1v) is 5.85. The number of alkyl halides is 3. The third-order valence-electron chi connectivity index (χ3n) is 2.50. The summed E-state index contributed by atoms with van der Waals surface area (Å²) in [5.41, 5.74) is 3.65. The number of carbonyl (C=O) groups excluding carboxylic acids is 2. The van der Waals surface area contributed by atoms with Crippen LogP contribution in [0.5, 0.6) is 5.75 Å².